The van der Waals surface area contributed by atoms with Gasteiger partial charge in [0.2, 0.25) is 0 Å². The first kappa shape index (κ1) is 17.4. The molecule has 1 aliphatic heterocycles. The third-order valence-electron chi connectivity index (χ3n) is 3.63. The van der Waals surface area contributed by atoms with Gasteiger partial charge in [-0.25, -0.2) is 14.0 Å². The van der Waals surface area contributed by atoms with Gasteiger partial charge < -0.3 is 9.47 Å². The Morgan fingerprint density at radius 2 is 2.30 bits per heavy atom. The number of carbonyl (C=O) groups excluding carboxylic acids is 1. The lowest BCUT2D eigenvalue weighted by Gasteiger charge is -2.15. The predicted molar refractivity (Wildman–Crippen MR) is 81.8 cm³/mol. The predicted octanol–water partition coefficient (Wildman–Crippen LogP) is 2.82. The van der Waals surface area contributed by atoms with Gasteiger partial charge in [0.25, 0.3) is 0 Å². The molecule has 0 bridgehead atoms. The van der Waals surface area contributed by atoms with Gasteiger partial charge in [-0.05, 0) is 26.2 Å². The number of hydrogen-bond donors (Lipinski definition) is 1. The van der Waals surface area contributed by atoms with Crippen molar-refractivity contribution in [3.63, 3.8) is 0 Å². The summed E-state index contributed by atoms with van der Waals surface area (Å²) in [5.41, 5.74) is -0.674. The van der Waals surface area contributed by atoms with Crippen molar-refractivity contribution in [1.29, 1.82) is 0 Å². The van der Waals surface area contributed by atoms with E-state index in [1.54, 1.807) is 0 Å². The maximum absolute atomic E-state index is 14.0. The smallest absolute Gasteiger partial charge is 0.412 e. The summed E-state index contributed by atoms with van der Waals surface area (Å²) in [6.45, 7) is 4.16. The van der Waals surface area contributed by atoms with E-state index >= 15 is 0 Å². The average Bonchev–Trinajstić information content (AvgIpc) is 2.93. The standard InChI is InChI=1S/C15H22FN3O4/c1-3-4-5-8-22-15(21)18-13-11(16)9-19(14(20)17-13)12-7-6-10(2)23-12/h9-10,12H,3-8H2,1-2H3,(H,17,18,20,21). The summed E-state index contributed by atoms with van der Waals surface area (Å²) in [5.74, 6) is -1.24. The molecule has 1 N–H and O–H groups in total. The van der Waals surface area contributed by atoms with Gasteiger partial charge >= 0.3 is 11.8 Å². The Balaban J connectivity index is 1.99. The summed E-state index contributed by atoms with van der Waals surface area (Å²) in [6.07, 6.45) is 3.77. The molecule has 23 heavy (non-hydrogen) atoms. The second-order valence-electron chi connectivity index (χ2n) is 5.57. The number of nitrogens with zero attached hydrogens (tertiary/aromatic N) is 2. The molecule has 0 saturated carbocycles. The number of rotatable bonds is 6. The molecule has 1 aromatic heterocycles. The second-order valence-corrected chi connectivity index (χ2v) is 5.57. The minimum atomic E-state index is -0.824. The fourth-order valence-corrected chi connectivity index (χ4v) is 2.38. The number of hydrogen-bond acceptors (Lipinski definition) is 5. The Bertz CT molecular complexity index is 605. The fraction of sp³-hybridized carbons (Fsp3) is 0.667. The Hall–Kier alpha value is -1.96. The number of nitrogens with one attached hydrogen (secondary N) is 1. The molecule has 1 aliphatic rings. The second kappa shape index (κ2) is 8.05. The van der Waals surface area contributed by atoms with Crippen molar-refractivity contribution in [2.75, 3.05) is 11.9 Å². The maximum atomic E-state index is 14.0. The molecular weight excluding hydrogens is 305 g/mol. The van der Waals surface area contributed by atoms with Crippen molar-refractivity contribution >= 4 is 11.9 Å². The van der Waals surface area contributed by atoms with Gasteiger partial charge in [-0.3, -0.25) is 9.88 Å². The highest BCUT2D eigenvalue weighted by Gasteiger charge is 2.25. The molecule has 0 aromatic carbocycles. The van der Waals surface area contributed by atoms with Gasteiger partial charge in [0.05, 0.1) is 18.9 Å². The van der Waals surface area contributed by atoms with Crippen molar-refractivity contribution in [1.82, 2.24) is 9.55 Å². The van der Waals surface area contributed by atoms with E-state index in [1.807, 2.05) is 13.8 Å². The van der Waals surface area contributed by atoms with Crippen LogP contribution in [-0.2, 0) is 9.47 Å². The third-order valence-corrected chi connectivity index (χ3v) is 3.63. The highest BCUT2D eigenvalue weighted by Crippen LogP contribution is 2.26. The van der Waals surface area contributed by atoms with Gasteiger partial charge in [0.15, 0.2) is 11.6 Å². The molecule has 2 unspecified atom stereocenters. The van der Waals surface area contributed by atoms with Crippen LogP contribution in [0, 0.1) is 5.82 Å². The van der Waals surface area contributed by atoms with E-state index in [-0.39, 0.29) is 12.7 Å². The minimum absolute atomic E-state index is 0.0193. The normalized spacial score (nSPS) is 20.5. The number of ether oxygens (including phenoxy) is 2. The third kappa shape index (κ3) is 4.75. The van der Waals surface area contributed by atoms with Gasteiger partial charge in [-0.1, -0.05) is 19.8 Å². The largest absolute Gasteiger partial charge is 0.449 e. The number of anilines is 1. The van der Waals surface area contributed by atoms with Gasteiger partial charge in [-0.2, -0.15) is 4.98 Å². The molecule has 1 saturated heterocycles. The zero-order valence-corrected chi connectivity index (χ0v) is 13.4. The Morgan fingerprint density at radius 3 is 2.96 bits per heavy atom. The van der Waals surface area contributed by atoms with Crippen molar-refractivity contribution < 1.29 is 18.7 Å². The maximum Gasteiger partial charge on any atom is 0.412 e. The summed E-state index contributed by atoms with van der Waals surface area (Å²) >= 11 is 0. The molecule has 2 atom stereocenters. The zero-order chi connectivity index (χ0) is 16.8. The van der Waals surface area contributed by atoms with E-state index in [4.69, 9.17) is 9.47 Å². The Morgan fingerprint density at radius 1 is 1.52 bits per heavy atom. The average molecular weight is 327 g/mol. The summed E-state index contributed by atoms with van der Waals surface area (Å²) < 4.78 is 25.6. The van der Waals surface area contributed by atoms with Crippen LogP contribution in [0.25, 0.3) is 0 Å². The first-order valence-electron chi connectivity index (χ1n) is 7.89. The van der Waals surface area contributed by atoms with Crippen LogP contribution in [0.3, 0.4) is 0 Å². The highest BCUT2D eigenvalue weighted by molar-refractivity contribution is 5.83. The van der Waals surface area contributed by atoms with E-state index in [0.717, 1.165) is 36.4 Å². The molecule has 8 heteroatoms. The molecule has 0 spiro atoms. The molecule has 128 valence electrons. The van der Waals surface area contributed by atoms with Crippen LogP contribution in [0.15, 0.2) is 11.0 Å². The lowest BCUT2D eigenvalue weighted by molar-refractivity contribution is 0.00746. The van der Waals surface area contributed by atoms with E-state index in [9.17, 15) is 14.0 Å². The van der Waals surface area contributed by atoms with Crippen LogP contribution in [0.1, 0.15) is 52.2 Å². The summed E-state index contributed by atoms with van der Waals surface area (Å²) in [5, 5.41) is 2.15. The Labute approximate surface area is 133 Å². The number of carbonyl (C=O) groups is 1. The number of unbranched alkanes of at least 4 members (excludes halogenated alkanes) is 2. The Kier molecular flexibility index (Phi) is 6.09. The van der Waals surface area contributed by atoms with Gasteiger partial charge in [0, 0.05) is 0 Å². The monoisotopic (exact) mass is 327 g/mol. The summed E-state index contributed by atoms with van der Waals surface area (Å²) in [7, 11) is 0. The van der Waals surface area contributed by atoms with Crippen molar-refractivity contribution in [3.8, 4) is 0 Å². The van der Waals surface area contributed by atoms with Crippen LogP contribution >= 0.6 is 0 Å². The lowest BCUT2D eigenvalue weighted by Crippen LogP contribution is -2.29. The first-order valence-corrected chi connectivity index (χ1v) is 7.89. The molecule has 0 aliphatic carbocycles. The molecule has 7 nitrogen and oxygen atoms in total. The number of halogens is 1. The topological polar surface area (TPSA) is 82.5 Å². The van der Waals surface area contributed by atoms with Crippen LogP contribution < -0.4 is 11.0 Å². The molecule has 0 radical (unpaired) electrons. The SMILES string of the molecule is CCCCCOC(=O)Nc1nc(=O)n(C2CCC(C)O2)cc1F. The summed E-state index contributed by atoms with van der Waals surface area (Å²) in [6, 6.07) is 0. The van der Waals surface area contributed by atoms with E-state index in [2.05, 4.69) is 10.3 Å². The molecule has 1 aromatic rings. The van der Waals surface area contributed by atoms with Crippen LogP contribution in [0.4, 0.5) is 15.0 Å². The fourth-order valence-electron chi connectivity index (χ4n) is 2.38. The minimum Gasteiger partial charge on any atom is -0.449 e. The van der Waals surface area contributed by atoms with Crippen molar-refractivity contribution in [2.45, 2.75) is 58.3 Å². The molecule has 2 heterocycles. The molecule has 2 rings (SSSR count). The molecular formula is C15H22FN3O4. The quantitative estimate of drug-likeness (QED) is 0.812. The van der Waals surface area contributed by atoms with Gasteiger partial charge in [0.1, 0.15) is 6.23 Å². The highest BCUT2D eigenvalue weighted by atomic mass is 19.1. The number of amides is 1. The van der Waals surface area contributed by atoms with Crippen molar-refractivity contribution in [2.24, 2.45) is 0 Å². The van der Waals surface area contributed by atoms with Crippen molar-refractivity contribution in [3.05, 3.63) is 22.5 Å². The number of aromatic nitrogens is 2. The first-order chi connectivity index (χ1) is 11.0. The van der Waals surface area contributed by atoms with Crippen LogP contribution in [0.2, 0.25) is 0 Å². The van der Waals surface area contributed by atoms with E-state index in [1.165, 1.54) is 0 Å². The van der Waals surface area contributed by atoms with Crippen LogP contribution in [-0.4, -0.2) is 28.4 Å². The van der Waals surface area contributed by atoms with Crippen LogP contribution in [0.5, 0.6) is 0 Å². The molecule has 1 fully saturated rings. The van der Waals surface area contributed by atoms with Gasteiger partial charge in [-0.15, -0.1) is 0 Å². The summed E-state index contributed by atoms with van der Waals surface area (Å²) in [4.78, 5) is 27.1. The zero-order valence-electron chi connectivity index (χ0n) is 13.4. The lowest BCUT2D eigenvalue weighted by atomic mass is 10.2. The van der Waals surface area contributed by atoms with E-state index < -0.39 is 29.6 Å². The van der Waals surface area contributed by atoms with E-state index in [0.29, 0.717) is 6.42 Å². The molecule has 1 amide bonds.